The second-order valence-electron chi connectivity index (χ2n) is 9.75. The Balaban J connectivity index is 0.000000629. The zero-order chi connectivity index (χ0) is 35.5. The molecule has 0 spiro atoms. The van der Waals surface area contributed by atoms with Crippen molar-refractivity contribution in [1.29, 1.82) is 0 Å². The highest BCUT2D eigenvalue weighted by Crippen LogP contribution is 2.26. The van der Waals surface area contributed by atoms with Crippen molar-refractivity contribution >= 4 is 27.7 Å². The van der Waals surface area contributed by atoms with Gasteiger partial charge in [0.15, 0.2) is 0 Å². The van der Waals surface area contributed by atoms with Crippen LogP contribution in [0.25, 0.3) is 11.3 Å². The van der Waals surface area contributed by atoms with Gasteiger partial charge in [0.25, 0.3) is 0 Å². The number of aromatic nitrogens is 4. The number of carbonyl (C=O) groups excluding carboxylic acids is 1. The summed E-state index contributed by atoms with van der Waals surface area (Å²) in [5, 5.41) is 18.5. The monoisotopic (exact) mass is 685 g/mol. The number of sulfonamides is 1. The third-order valence-corrected chi connectivity index (χ3v) is 7.75. The zero-order valence-electron chi connectivity index (χ0n) is 25.0. The van der Waals surface area contributed by atoms with Crippen LogP contribution in [0.2, 0.25) is 0 Å². The van der Waals surface area contributed by atoms with Crippen LogP contribution in [0.15, 0.2) is 41.4 Å². The molecule has 0 amide bonds. The first-order chi connectivity index (χ1) is 21.1. The fourth-order valence-corrected chi connectivity index (χ4v) is 5.49. The SMILES string of the molecule is CC(=O)CCCCC[C@H](NS(=O)(=O)c1c(C)nn(C)c1C)c1ncc(-c2ccccc2)[nH]1.O=C(O)C(F)(F)F.O=C(O)C(F)(F)F. The van der Waals surface area contributed by atoms with Crippen LogP contribution in [0.1, 0.15) is 62.3 Å². The molecule has 0 saturated carbocycles. The number of alkyl halides is 6. The number of H-pyrrole nitrogens is 1. The maximum absolute atomic E-state index is 13.3. The molecule has 0 saturated heterocycles. The number of rotatable bonds is 11. The third kappa shape index (κ3) is 13.0. The number of Topliss-reactive ketones (excluding diaryl/α,β-unsaturated/α-hetero) is 1. The molecule has 0 fully saturated rings. The number of aryl methyl sites for hydroxylation is 2. The average Bonchev–Trinajstić information content (AvgIpc) is 3.52. The zero-order valence-corrected chi connectivity index (χ0v) is 25.8. The molecule has 0 aliphatic rings. The lowest BCUT2D eigenvalue weighted by molar-refractivity contribution is -0.193. The normalized spacial score (nSPS) is 12.3. The van der Waals surface area contributed by atoms with Crippen LogP contribution in [0, 0.1) is 13.8 Å². The summed E-state index contributed by atoms with van der Waals surface area (Å²) in [5.74, 6) is -4.78. The first kappa shape index (κ1) is 39.8. The highest BCUT2D eigenvalue weighted by atomic mass is 32.2. The van der Waals surface area contributed by atoms with E-state index in [0.29, 0.717) is 30.1 Å². The molecule has 1 atom stereocenters. The Morgan fingerprint density at radius 2 is 1.48 bits per heavy atom. The Hall–Kier alpha value is -4.26. The molecule has 2 aromatic heterocycles. The van der Waals surface area contributed by atoms with Crippen molar-refractivity contribution in [3.63, 3.8) is 0 Å². The van der Waals surface area contributed by atoms with Gasteiger partial charge in [0.1, 0.15) is 16.5 Å². The van der Waals surface area contributed by atoms with E-state index in [4.69, 9.17) is 19.8 Å². The minimum atomic E-state index is -5.08. The number of carbonyl (C=O) groups is 3. The Bertz CT molecular complexity index is 1550. The van der Waals surface area contributed by atoms with Gasteiger partial charge in [-0.15, -0.1) is 0 Å². The van der Waals surface area contributed by atoms with E-state index in [-0.39, 0.29) is 10.7 Å². The number of imidazole rings is 1. The lowest BCUT2D eigenvalue weighted by Gasteiger charge is -2.17. The Morgan fingerprint density at radius 1 is 0.957 bits per heavy atom. The van der Waals surface area contributed by atoms with E-state index in [2.05, 4.69) is 19.8 Å². The van der Waals surface area contributed by atoms with E-state index in [9.17, 15) is 39.6 Å². The highest BCUT2D eigenvalue weighted by molar-refractivity contribution is 7.89. The number of carboxylic acid groups (broad SMARTS) is 2. The number of aliphatic carboxylic acids is 2. The van der Waals surface area contributed by atoms with Crippen molar-refractivity contribution in [1.82, 2.24) is 24.5 Å². The molecule has 2 heterocycles. The smallest absolute Gasteiger partial charge is 0.475 e. The molecule has 0 bridgehead atoms. The van der Waals surface area contributed by atoms with Gasteiger partial charge in [-0.2, -0.15) is 31.4 Å². The number of halogens is 6. The summed E-state index contributed by atoms with van der Waals surface area (Å²) in [7, 11) is -2.08. The fourth-order valence-electron chi connectivity index (χ4n) is 3.82. The van der Waals surface area contributed by atoms with Gasteiger partial charge in [-0.3, -0.25) is 4.68 Å². The predicted molar refractivity (Wildman–Crippen MR) is 151 cm³/mol. The van der Waals surface area contributed by atoms with Crippen LogP contribution in [-0.2, 0) is 31.5 Å². The Labute approximate surface area is 259 Å². The maximum atomic E-state index is 13.3. The largest absolute Gasteiger partial charge is 0.490 e. The number of carboxylic acids is 2. The lowest BCUT2D eigenvalue weighted by Crippen LogP contribution is -2.30. The molecule has 0 radical (unpaired) electrons. The van der Waals surface area contributed by atoms with Crippen molar-refractivity contribution in [2.45, 2.75) is 76.2 Å². The van der Waals surface area contributed by atoms with E-state index in [0.717, 1.165) is 30.5 Å². The summed E-state index contributed by atoms with van der Waals surface area (Å²) in [6, 6.07) is 9.25. The quantitative estimate of drug-likeness (QED) is 0.155. The summed E-state index contributed by atoms with van der Waals surface area (Å²) in [4.78, 5) is 37.0. The molecule has 3 rings (SSSR count). The molecule has 1 aromatic carbocycles. The van der Waals surface area contributed by atoms with E-state index in [1.165, 1.54) is 0 Å². The van der Waals surface area contributed by atoms with Crippen LogP contribution < -0.4 is 4.72 Å². The molecule has 3 aromatic rings. The van der Waals surface area contributed by atoms with Gasteiger partial charge in [0.05, 0.1) is 29.3 Å². The molecule has 0 aliphatic heterocycles. The summed E-state index contributed by atoms with van der Waals surface area (Å²) in [6.07, 6.45) is -4.92. The van der Waals surface area contributed by atoms with Crippen LogP contribution in [0.3, 0.4) is 0 Å². The summed E-state index contributed by atoms with van der Waals surface area (Å²) in [6.45, 7) is 5.02. The van der Waals surface area contributed by atoms with Crippen molar-refractivity contribution in [2.24, 2.45) is 7.05 Å². The number of unbranched alkanes of at least 4 members (excludes halogenated alkanes) is 2. The average molecular weight is 686 g/mol. The van der Waals surface area contributed by atoms with Crippen molar-refractivity contribution < 1.29 is 59.4 Å². The number of aromatic amines is 1. The van der Waals surface area contributed by atoms with Crippen molar-refractivity contribution in [3.05, 3.63) is 53.7 Å². The van der Waals surface area contributed by atoms with Gasteiger partial charge in [-0.05, 0) is 39.2 Å². The molecule has 0 aliphatic carbocycles. The fraction of sp³-hybridized carbons (Fsp3) is 0.444. The molecule has 46 heavy (non-hydrogen) atoms. The minimum absolute atomic E-state index is 0.170. The van der Waals surface area contributed by atoms with Crippen LogP contribution >= 0.6 is 0 Å². The summed E-state index contributed by atoms with van der Waals surface area (Å²) >= 11 is 0. The van der Waals surface area contributed by atoms with Crippen molar-refractivity contribution in [3.8, 4) is 11.3 Å². The van der Waals surface area contributed by atoms with Gasteiger partial charge >= 0.3 is 24.3 Å². The molecule has 0 unspecified atom stereocenters. The predicted octanol–water partition coefficient (Wildman–Crippen LogP) is 5.25. The first-order valence-corrected chi connectivity index (χ1v) is 14.8. The number of hydrogen-bond donors (Lipinski definition) is 4. The molecule has 4 N–H and O–H groups in total. The molecule has 256 valence electrons. The van der Waals surface area contributed by atoms with Gasteiger partial charge < -0.3 is 20.0 Å². The van der Waals surface area contributed by atoms with Crippen LogP contribution in [0.4, 0.5) is 26.3 Å². The van der Waals surface area contributed by atoms with Crippen LogP contribution in [0.5, 0.6) is 0 Å². The molecular weight excluding hydrogens is 652 g/mol. The summed E-state index contributed by atoms with van der Waals surface area (Å²) in [5.41, 5.74) is 2.85. The number of nitrogens with one attached hydrogen (secondary N) is 2. The second kappa shape index (κ2) is 16.9. The second-order valence-corrected chi connectivity index (χ2v) is 11.4. The van der Waals surface area contributed by atoms with Crippen molar-refractivity contribution in [2.75, 3.05) is 0 Å². The Kier molecular flexibility index (Phi) is 14.6. The van der Waals surface area contributed by atoms with Gasteiger partial charge in [0, 0.05) is 13.5 Å². The van der Waals surface area contributed by atoms with E-state index >= 15 is 0 Å². The number of nitrogens with zero attached hydrogens (tertiary/aromatic N) is 3. The van der Waals surface area contributed by atoms with Crippen LogP contribution in [-0.4, -0.2) is 68.5 Å². The van der Waals surface area contributed by atoms with Gasteiger partial charge in [-0.1, -0.05) is 43.2 Å². The lowest BCUT2D eigenvalue weighted by atomic mass is 10.1. The topological polar surface area (TPSA) is 184 Å². The van der Waals surface area contributed by atoms with Gasteiger partial charge in [0.2, 0.25) is 10.0 Å². The van der Waals surface area contributed by atoms with Gasteiger partial charge in [-0.25, -0.2) is 27.7 Å². The standard InChI is InChI=1S/C23H31N5O3S.2C2HF3O2/c1-16(29)11-7-5-10-14-20(23-24-15-21(25-23)19-12-8-6-9-13-19)27-32(30,31)22-17(2)26-28(4)18(22)3;2*3-2(4,5)1(6)7/h6,8-9,12-13,15,20,27H,5,7,10-11,14H2,1-4H3,(H,24,25);2*(H,6,7)/t20-;;/m0../s1. The molecular formula is C27H33F6N5O7S. The molecule has 19 heteroatoms. The summed E-state index contributed by atoms with van der Waals surface area (Å²) < 4.78 is 94.4. The number of hydrogen-bond acceptors (Lipinski definition) is 7. The third-order valence-electron chi connectivity index (χ3n) is 6.03. The Morgan fingerprint density at radius 3 is 1.91 bits per heavy atom. The van der Waals surface area contributed by atoms with E-state index < -0.39 is 40.4 Å². The van der Waals surface area contributed by atoms with E-state index in [1.807, 2.05) is 30.3 Å². The minimum Gasteiger partial charge on any atom is -0.475 e. The maximum Gasteiger partial charge on any atom is 0.490 e. The highest BCUT2D eigenvalue weighted by Gasteiger charge is 2.39. The molecule has 12 nitrogen and oxygen atoms in total. The number of ketones is 1. The van der Waals surface area contributed by atoms with E-state index in [1.54, 1.807) is 38.7 Å². The first-order valence-electron chi connectivity index (χ1n) is 13.3. The number of benzene rings is 1.